The predicted molar refractivity (Wildman–Crippen MR) is 86.0 cm³/mol. The Morgan fingerprint density at radius 3 is 2.57 bits per heavy atom. The molecule has 1 saturated carbocycles. The molecule has 3 aliphatic heterocycles. The Kier molecular flexibility index (Phi) is 4.58. The maximum atomic E-state index is 12.3. The minimum atomic E-state index is 0.172. The van der Waals surface area contributed by atoms with Crippen LogP contribution < -0.4 is 5.32 Å². The van der Waals surface area contributed by atoms with Crippen molar-refractivity contribution in [3.63, 3.8) is 0 Å². The summed E-state index contributed by atoms with van der Waals surface area (Å²) >= 11 is 0. The van der Waals surface area contributed by atoms with Crippen molar-refractivity contribution in [2.24, 2.45) is 5.92 Å². The van der Waals surface area contributed by atoms with Crippen LogP contribution in [0.3, 0.4) is 0 Å². The zero-order chi connectivity index (χ0) is 15.8. The molecule has 3 unspecified atom stereocenters. The topological polar surface area (TPSA) is 54.0 Å². The first-order valence-corrected chi connectivity index (χ1v) is 9.18. The predicted octanol–water partition coefficient (Wildman–Crippen LogP) is 0.423. The third-order valence-corrected chi connectivity index (χ3v) is 5.91. The van der Waals surface area contributed by atoms with Crippen molar-refractivity contribution in [2.75, 3.05) is 39.5 Å². The molecule has 0 aromatic carbocycles. The Bertz CT molecular complexity index is 443. The van der Waals surface area contributed by atoms with Crippen LogP contribution in [-0.2, 0) is 14.3 Å². The molecule has 130 valence electrons. The fraction of sp³-hybridized carbons (Fsp3) is 0.941. The van der Waals surface area contributed by atoms with Gasteiger partial charge in [-0.25, -0.2) is 0 Å². The molecule has 1 amide bonds. The molecule has 4 atom stereocenters. The van der Waals surface area contributed by atoms with E-state index in [1.165, 1.54) is 12.8 Å². The molecule has 3 saturated heterocycles. The number of carbonyl (C=O) groups is 1. The molecule has 6 heteroatoms. The van der Waals surface area contributed by atoms with Gasteiger partial charge in [-0.1, -0.05) is 0 Å². The average molecular weight is 323 g/mol. The van der Waals surface area contributed by atoms with Gasteiger partial charge in [0.1, 0.15) is 0 Å². The molecule has 0 bridgehead atoms. The highest BCUT2D eigenvalue weighted by molar-refractivity contribution is 5.77. The molecule has 0 radical (unpaired) electrons. The normalized spacial score (nSPS) is 40.8. The smallest absolute Gasteiger partial charge is 0.222 e. The van der Waals surface area contributed by atoms with Crippen molar-refractivity contribution >= 4 is 5.91 Å². The zero-order valence-electron chi connectivity index (χ0n) is 14.1. The van der Waals surface area contributed by atoms with E-state index in [9.17, 15) is 4.79 Å². The fourth-order valence-electron chi connectivity index (χ4n) is 4.52. The molecule has 23 heavy (non-hydrogen) atoms. The van der Waals surface area contributed by atoms with E-state index in [1.807, 2.05) is 0 Å². The highest BCUT2D eigenvalue weighted by Crippen LogP contribution is 2.38. The Morgan fingerprint density at radius 1 is 1.09 bits per heavy atom. The van der Waals surface area contributed by atoms with Crippen LogP contribution in [0, 0.1) is 5.92 Å². The molecule has 4 fully saturated rings. The number of hydrogen-bond acceptors (Lipinski definition) is 5. The number of nitrogens with zero attached hydrogens (tertiary/aromatic N) is 2. The summed E-state index contributed by atoms with van der Waals surface area (Å²) in [5, 5.41) is 3.26. The third-order valence-electron chi connectivity index (χ3n) is 5.91. The van der Waals surface area contributed by atoms with E-state index in [0.29, 0.717) is 24.5 Å². The first-order valence-electron chi connectivity index (χ1n) is 9.18. The van der Waals surface area contributed by atoms with Crippen molar-refractivity contribution < 1.29 is 14.3 Å². The van der Waals surface area contributed by atoms with Crippen LogP contribution in [-0.4, -0.2) is 79.5 Å². The van der Waals surface area contributed by atoms with Gasteiger partial charge in [0.25, 0.3) is 0 Å². The van der Waals surface area contributed by atoms with E-state index in [0.717, 1.165) is 51.9 Å². The van der Waals surface area contributed by atoms with Gasteiger partial charge in [-0.3, -0.25) is 14.6 Å². The summed E-state index contributed by atoms with van der Waals surface area (Å²) in [6.45, 7) is 7.28. The summed E-state index contributed by atoms with van der Waals surface area (Å²) in [7, 11) is 0. The van der Waals surface area contributed by atoms with E-state index < -0.39 is 0 Å². The van der Waals surface area contributed by atoms with Crippen molar-refractivity contribution in [1.29, 1.82) is 0 Å². The number of ether oxygens (including phenoxy) is 2. The van der Waals surface area contributed by atoms with Crippen molar-refractivity contribution in [3.05, 3.63) is 0 Å². The van der Waals surface area contributed by atoms with Crippen molar-refractivity contribution in [1.82, 2.24) is 15.1 Å². The third kappa shape index (κ3) is 3.40. The van der Waals surface area contributed by atoms with Crippen LogP contribution in [0.25, 0.3) is 0 Å². The van der Waals surface area contributed by atoms with Crippen molar-refractivity contribution in [3.8, 4) is 0 Å². The minimum Gasteiger partial charge on any atom is -0.379 e. The number of hydrogen-bond donors (Lipinski definition) is 1. The molecule has 4 rings (SSSR count). The van der Waals surface area contributed by atoms with Gasteiger partial charge in [0.2, 0.25) is 5.91 Å². The Labute approximate surface area is 138 Å². The molecule has 0 spiro atoms. The molecule has 1 N–H and O–H groups in total. The highest BCUT2D eigenvalue weighted by atomic mass is 16.5. The second-order valence-electron chi connectivity index (χ2n) is 7.56. The number of piperidine rings is 1. The summed E-state index contributed by atoms with van der Waals surface area (Å²) in [4.78, 5) is 17.4. The van der Waals surface area contributed by atoms with Gasteiger partial charge in [-0.15, -0.1) is 0 Å². The molecule has 0 aromatic rings. The van der Waals surface area contributed by atoms with Crippen LogP contribution in [0.2, 0.25) is 0 Å². The second kappa shape index (κ2) is 6.67. The number of morpholine rings is 2. The molecule has 4 aliphatic rings. The van der Waals surface area contributed by atoms with Crippen LogP contribution in [0.15, 0.2) is 0 Å². The lowest BCUT2D eigenvalue weighted by Gasteiger charge is -2.48. The van der Waals surface area contributed by atoms with Crippen LogP contribution >= 0.6 is 0 Å². The van der Waals surface area contributed by atoms with E-state index in [2.05, 4.69) is 22.0 Å². The lowest BCUT2D eigenvalue weighted by molar-refractivity contribution is -0.133. The van der Waals surface area contributed by atoms with E-state index in [-0.39, 0.29) is 12.1 Å². The molecule has 0 aromatic heterocycles. The first kappa shape index (κ1) is 15.8. The van der Waals surface area contributed by atoms with Crippen LogP contribution in [0.4, 0.5) is 0 Å². The lowest BCUT2D eigenvalue weighted by Crippen LogP contribution is -2.63. The zero-order valence-corrected chi connectivity index (χ0v) is 14.1. The quantitative estimate of drug-likeness (QED) is 0.816. The summed E-state index contributed by atoms with van der Waals surface area (Å²) in [6, 6.07) is 1.24. The van der Waals surface area contributed by atoms with E-state index >= 15 is 0 Å². The average Bonchev–Trinajstić information content (AvgIpc) is 3.39. The monoisotopic (exact) mass is 323 g/mol. The molecule has 3 heterocycles. The number of nitrogens with one attached hydrogen (secondary N) is 1. The molecular weight excluding hydrogens is 294 g/mol. The second-order valence-corrected chi connectivity index (χ2v) is 7.56. The summed E-state index contributed by atoms with van der Waals surface area (Å²) in [5.74, 6) is 0.973. The Balaban J connectivity index is 1.46. The van der Waals surface area contributed by atoms with Gasteiger partial charge < -0.3 is 14.8 Å². The van der Waals surface area contributed by atoms with Gasteiger partial charge in [-0.2, -0.15) is 0 Å². The SMILES string of the molecule is C[C@@H]1COCCN1C1CC(=O)NC(N2CCOCC2C2CC2)C1. The molecule has 6 nitrogen and oxygen atoms in total. The van der Waals surface area contributed by atoms with Crippen molar-refractivity contribution in [2.45, 2.75) is 56.9 Å². The number of rotatable bonds is 3. The van der Waals surface area contributed by atoms with Gasteiger partial charge in [-0.05, 0) is 32.1 Å². The highest BCUT2D eigenvalue weighted by Gasteiger charge is 2.43. The molecular formula is C17H29N3O3. The van der Waals surface area contributed by atoms with Gasteiger partial charge in [0.05, 0.1) is 32.6 Å². The Hall–Kier alpha value is -0.690. The largest absolute Gasteiger partial charge is 0.379 e. The molecule has 1 aliphatic carbocycles. The van der Waals surface area contributed by atoms with Gasteiger partial charge in [0.15, 0.2) is 0 Å². The van der Waals surface area contributed by atoms with E-state index in [4.69, 9.17) is 9.47 Å². The minimum absolute atomic E-state index is 0.172. The van der Waals surface area contributed by atoms with Gasteiger partial charge in [0, 0.05) is 37.6 Å². The lowest BCUT2D eigenvalue weighted by atomic mass is 9.97. The van der Waals surface area contributed by atoms with E-state index in [1.54, 1.807) is 0 Å². The number of carbonyl (C=O) groups excluding carboxylic acids is 1. The number of amides is 1. The summed E-state index contributed by atoms with van der Waals surface area (Å²) in [5.41, 5.74) is 0. The van der Waals surface area contributed by atoms with Gasteiger partial charge >= 0.3 is 0 Å². The summed E-state index contributed by atoms with van der Waals surface area (Å²) < 4.78 is 11.3. The van der Waals surface area contributed by atoms with Crippen LogP contribution in [0.5, 0.6) is 0 Å². The standard InChI is InChI=1S/C17H29N3O3/c1-12-10-22-6-4-19(12)14-8-16(18-17(21)9-14)20-5-7-23-11-15(20)13-2-3-13/h12-16H,2-11H2,1H3,(H,18,21)/t12-,14?,15?,16?/m1/s1. The Morgan fingerprint density at radius 2 is 1.83 bits per heavy atom. The summed E-state index contributed by atoms with van der Waals surface area (Å²) in [6.07, 6.45) is 4.45. The first-order chi connectivity index (χ1) is 11.2. The maximum absolute atomic E-state index is 12.3. The fourth-order valence-corrected chi connectivity index (χ4v) is 4.52. The van der Waals surface area contributed by atoms with Crippen LogP contribution in [0.1, 0.15) is 32.6 Å². The maximum Gasteiger partial charge on any atom is 0.222 e.